The van der Waals surface area contributed by atoms with Gasteiger partial charge < -0.3 is 5.32 Å². The number of hydrogen-bond acceptors (Lipinski definition) is 4. The summed E-state index contributed by atoms with van der Waals surface area (Å²) < 4.78 is 0. The van der Waals surface area contributed by atoms with Crippen LogP contribution in [-0.4, -0.2) is 27.1 Å². The van der Waals surface area contributed by atoms with Gasteiger partial charge in [0.1, 0.15) is 5.69 Å². The van der Waals surface area contributed by atoms with Gasteiger partial charge in [0.25, 0.3) is 5.91 Å². The first kappa shape index (κ1) is 14.2. The van der Waals surface area contributed by atoms with Crippen molar-refractivity contribution in [1.29, 1.82) is 0 Å². The van der Waals surface area contributed by atoms with Crippen LogP contribution in [0.1, 0.15) is 33.7 Å². The summed E-state index contributed by atoms with van der Waals surface area (Å²) in [6.45, 7) is 1.53. The molecule has 0 aliphatic heterocycles. The maximum Gasteiger partial charge on any atom is 0.322 e. The Balaban J connectivity index is 1.75. The summed E-state index contributed by atoms with van der Waals surface area (Å²) in [5.41, 5.74) is 2.39. The summed E-state index contributed by atoms with van der Waals surface area (Å²) in [6, 6.07) is 8.10. The van der Waals surface area contributed by atoms with Gasteiger partial charge in [0, 0.05) is 6.04 Å². The summed E-state index contributed by atoms with van der Waals surface area (Å²) in [7, 11) is 0. The van der Waals surface area contributed by atoms with Crippen LogP contribution in [0.15, 0.2) is 24.3 Å². The highest BCUT2D eigenvalue weighted by Crippen LogP contribution is 2.23. The summed E-state index contributed by atoms with van der Waals surface area (Å²) in [6.07, 6.45) is 2.45. The number of amides is 1. The van der Waals surface area contributed by atoms with Crippen LogP contribution in [0.4, 0.5) is 5.69 Å². The topological polar surface area (TPSA) is 101 Å². The normalized spacial score (nSPS) is 16.9. The highest BCUT2D eigenvalue weighted by molar-refractivity contribution is 5.96. The molecule has 1 aliphatic carbocycles. The second kappa shape index (κ2) is 5.59. The molecule has 0 saturated carbocycles. The van der Waals surface area contributed by atoms with Gasteiger partial charge in [0.05, 0.1) is 4.92 Å². The van der Waals surface area contributed by atoms with E-state index in [1.165, 1.54) is 18.1 Å². The average molecular weight is 300 g/mol. The van der Waals surface area contributed by atoms with Crippen LogP contribution in [0, 0.1) is 17.0 Å². The fourth-order valence-electron chi connectivity index (χ4n) is 2.88. The summed E-state index contributed by atoms with van der Waals surface area (Å²) in [4.78, 5) is 22.7. The van der Waals surface area contributed by atoms with Crippen molar-refractivity contribution in [2.24, 2.45) is 0 Å². The number of aromatic amines is 1. The van der Waals surface area contributed by atoms with Crippen molar-refractivity contribution in [1.82, 2.24) is 15.5 Å². The molecule has 7 heteroatoms. The maximum atomic E-state index is 12.3. The zero-order chi connectivity index (χ0) is 15.7. The lowest BCUT2D eigenvalue weighted by atomic mass is 9.88. The second-order valence-corrected chi connectivity index (χ2v) is 5.48. The van der Waals surface area contributed by atoms with Gasteiger partial charge in [-0.15, -0.1) is 0 Å². The number of carbonyl (C=O) groups is 1. The predicted octanol–water partition coefficient (Wildman–Crippen LogP) is 1.91. The van der Waals surface area contributed by atoms with E-state index in [1.54, 1.807) is 0 Å². The number of aryl methyl sites for hydroxylation is 2. The lowest BCUT2D eigenvalue weighted by Crippen LogP contribution is -2.39. The molecule has 0 saturated heterocycles. The van der Waals surface area contributed by atoms with Gasteiger partial charge in [-0.3, -0.25) is 20.0 Å². The Morgan fingerprint density at radius 2 is 2.14 bits per heavy atom. The van der Waals surface area contributed by atoms with Gasteiger partial charge >= 0.3 is 5.69 Å². The molecule has 2 N–H and O–H groups in total. The summed E-state index contributed by atoms with van der Waals surface area (Å²) >= 11 is 0. The molecule has 1 atom stereocenters. The first-order valence-corrected chi connectivity index (χ1v) is 7.13. The molecule has 1 aromatic carbocycles. The SMILES string of the molecule is Cc1[nH]nc(C(=O)N[C@@H]2CCc3ccccc3C2)c1[N+](=O)[O-]. The number of fused-ring (bicyclic) bond motifs is 1. The Labute approximate surface area is 126 Å². The van der Waals surface area contributed by atoms with Crippen LogP contribution in [-0.2, 0) is 12.8 Å². The van der Waals surface area contributed by atoms with E-state index >= 15 is 0 Å². The fourth-order valence-corrected chi connectivity index (χ4v) is 2.88. The van der Waals surface area contributed by atoms with E-state index in [-0.39, 0.29) is 23.1 Å². The minimum absolute atomic E-state index is 0.0287. The zero-order valence-corrected chi connectivity index (χ0v) is 12.1. The molecule has 22 heavy (non-hydrogen) atoms. The molecule has 3 rings (SSSR count). The Morgan fingerprint density at radius 1 is 1.41 bits per heavy atom. The van der Waals surface area contributed by atoms with Gasteiger partial charge in [-0.1, -0.05) is 24.3 Å². The van der Waals surface area contributed by atoms with E-state index in [2.05, 4.69) is 27.6 Å². The van der Waals surface area contributed by atoms with E-state index in [4.69, 9.17) is 0 Å². The van der Waals surface area contributed by atoms with Gasteiger partial charge in [0.2, 0.25) is 5.69 Å². The van der Waals surface area contributed by atoms with E-state index in [0.29, 0.717) is 0 Å². The van der Waals surface area contributed by atoms with Crippen molar-refractivity contribution >= 4 is 11.6 Å². The molecule has 0 fully saturated rings. The number of nitrogens with zero attached hydrogens (tertiary/aromatic N) is 2. The minimum atomic E-state index is -0.579. The van der Waals surface area contributed by atoms with Crippen molar-refractivity contribution in [3.63, 3.8) is 0 Å². The quantitative estimate of drug-likeness (QED) is 0.668. The number of nitrogens with one attached hydrogen (secondary N) is 2. The Hall–Kier alpha value is -2.70. The van der Waals surface area contributed by atoms with Crippen molar-refractivity contribution in [3.8, 4) is 0 Å². The molecule has 0 unspecified atom stereocenters. The third-order valence-corrected chi connectivity index (χ3v) is 3.99. The number of carbonyl (C=O) groups excluding carboxylic acids is 1. The third kappa shape index (κ3) is 2.57. The number of benzene rings is 1. The monoisotopic (exact) mass is 300 g/mol. The number of hydrogen-bond donors (Lipinski definition) is 2. The zero-order valence-electron chi connectivity index (χ0n) is 12.1. The van der Waals surface area contributed by atoms with Crippen LogP contribution >= 0.6 is 0 Å². The van der Waals surface area contributed by atoms with Crippen molar-refractivity contribution in [2.45, 2.75) is 32.2 Å². The molecular formula is C15H16N4O3. The highest BCUT2D eigenvalue weighted by atomic mass is 16.6. The lowest BCUT2D eigenvalue weighted by molar-refractivity contribution is -0.385. The molecular weight excluding hydrogens is 284 g/mol. The standard InChI is InChI=1S/C15H16N4O3/c1-9-14(19(21)22)13(18-17-9)15(20)16-12-7-6-10-4-2-3-5-11(10)8-12/h2-5,12H,6-8H2,1H3,(H,16,20)(H,17,18)/t12-/m1/s1. The maximum absolute atomic E-state index is 12.3. The summed E-state index contributed by atoms with van der Waals surface area (Å²) in [5, 5.41) is 20.2. The van der Waals surface area contributed by atoms with Crippen molar-refractivity contribution in [3.05, 3.63) is 56.9 Å². The van der Waals surface area contributed by atoms with Crippen LogP contribution in [0.2, 0.25) is 0 Å². The number of rotatable bonds is 3. The van der Waals surface area contributed by atoms with Crippen molar-refractivity contribution in [2.75, 3.05) is 0 Å². The molecule has 1 heterocycles. The molecule has 1 amide bonds. The number of aromatic nitrogens is 2. The minimum Gasteiger partial charge on any atom is -0.347 e. The average Bonchev–Trinajstić information content (AvgIpc) is 2.89. The molecule has 114 valence electrons. The molecule has 2 aromatic rings. The number of H-pyrrole nitrogens is 1. The van der Waals surface area contributed by atoms with Gasteiger partial charge in [-0.25, -0.2) is 0 Å². The summed E-state index contributed by atoms with van der Waals surface area (Å²) in [5.74, 6) is -0.500. The smallest absolute Gasteiger partial charge is 0.322 e. The van der Waals surface area contributed by atoms with E-state index in [1.807, 2.05) is 12.1 Å². The Bertz CT molecular complexity index is 738. The molecule has 1 aromatic heterocycles. The molecule has 7 nitrogen and oxygen atoms in total. The highest BCUT2D eigenvalue weighted by Gasteiger charge is 2.29. The van der Waals surface area contributed by atoms with Crippen LogP contribution in [0.25, 0.3) is 0 Å². The van der Waals surface area contributed by atoms with Gasteiger partial charge in [-0.2, -0.15) is 5.10 Å². The second-order valence-electron chi connectivity index (χ2n) is 5.48. The van der Waals surface area contributed by atoms with Gasteiger partial charge in [-0.05, 0) is 37.3 Å². The molecule has 0 bridgehead atoms. The molecule has 0 radical (unpaired) electrons. The first-order valence-electron chi connectivity index (χ1n) is 7.13. The van der Waals surface area contributed by atoms with Crippen LogP contribution in [0.3, 0.4) is 0 Å². The van der Waals surface area contributed by atoms with Crippen LogP contribution in [0.5, 0.6) is 0 Å². The van der Waals surface area contributed by atoms with Gasteiger partial charge in [0.15, 0.2) is 0 Å². The van der Waals surface area contributed by atoms with E-state index in [0.717, 1.165) is 19.3 Å². The number of nitro groups is 1. The first-order chi connectivity index (χ1) is 10.6. The predicted molar refractivity (Wildman–Crippen MR) is 79.7 cm³/mol. The van der Waals surface area contributed by atoms with Crippen LogP contribution < -0.4 is 5.32 Å². The fraction of sp³-hybridized carbons (Fsp3) is 0.333. The van der Waals surface area contributed by atoms with Crippen molar-refractivity contribution < 1.29 is 9.72 Å². The third-order valence-electron chi connectivity index (χ3n) is 3.99. The Morgan fingerprint density at radius 3 is 2.86 bits per heavy atom. The largest absolute Gasteiger partial charge is 0.347 e. The van der Waals surface area contributed by atoms with E-state index < -0.39 is 10.8 Å². The lowest BCUT2D eigenvalue weighted by Gasteiger charge is -2.25. The molecule has 0 spiro atoms. The Kier molecular flexibility index (Phi) is 3.62. The van der Waals surface area contributed by atoms with E-state index in [9.17, 15) is 14.9 Å². The molecule has 1 aliphatic rings.